The number of likely N-dealkylation sites (tertiary alicyclic amines) is 1. The highest BCUT2D eigenvalue weighted by atomic mass is 16.5. The number of rotatable bonds is 7. The van der Waals surface area contributed by atoms with Gasteiger partial charge < -0.3 is 10.1 Å². The molecule has 1 amide bonds. The Balaban J connectivity index is 1.49. The molecule has 0 saturated carbocycles. The number of piperidine rings is 1. The second-order valence-electron chi connectivity index (χ2n) is 6.56. The van der Waals surface area contributed by atoms with Crippen LogP contribution in [0.5, 0.6) is 0 Å². The maximum atomic E-state index is 12.3. The molecule has 1 saturated heterocycles. The van der Waals surface area contributed by atoms with E-state index < -0.39 is 0 Å². The number of H-pyrrole nitrogens is 1. The van der Waals surface area contributed by atoms with Gasteiger partial charge in [0.05, 0.1) is 13.2 Å². The van der Waals surface area contributed by atoms with Crippen molar-refractivity contribution in [1.82, 2.24) is 20.4 Å². The van der Waals surface area contributed by atoms with E-state index in [9.17, 15) is 4.79 Å². The van der Waals surface area contributed by atoms with Crippen LogP contribution in [0.3, 0.4) is 0 Å². The van der Waals surface area contributed by atoms with Crippen LogP contribution >= 0.6 is 0 Å². The molecule has 6 nitrogen and oxygen atoms in total. The van der Waals surface area contributed by atoms with Gasteiger partial charge >= 0.3 is 0 Å². The molecule has 0 radical (unpaired) electrons. The number of aromatic amines is 1. The summed E-state index contributed by atoms with van der Waals surface area (Å²) in [6, 6.07) is 10.1. The number of nitrogens with one attached hydrogen (secondary N) is 2. The van der Waals surface area contributed by atoms with Crippen LogP contribution in [0, 0.1) is 0 Å². The van der Waals surface area contributed by atoms with Crippen LogP contribution in [0.1, 0.15) is 35.6 Å². The first kappa shape index (κ1) is 17.6. The molecule has 6 heteroatoms. The third-order valence-electron chi connectivity index (χ3n) is 4.73. The first-order valence-electron chi connectivity index (χ1n) is 8.80. The molecule has 0 spiro atoms. The van der Waals surface area contributed by atoms with E-state index in [1.807, 2.05) is 30.3 Å². The highest BCUT2D eigenvalue weighted by Crippen LogP contribution is 2.24. The molecule has 1 aromatic carbocycles. The number of carbonyl (C=O) groups excluding carboxylic acids is 1. The van der Waals surface area contributed by atoms with Crippen LogP contribution in [-0.4, -0.2) is 47.7 Å². The summed E-state index contributed by atoms with van der Waals surface area (Å²) in [5.74, 6) is 0.504. The summed E-state index contributed by atoms with van der Waals surface area (Å²) >= 11 is 0. The average Bonchev–Trinajstić information content (AvgIpc) is 3.16. The van der Waals surface area contributed by atoms with E-state index in [1.54, 1.807) is 13.3 Å². The summed E-state index contributed by atoms with van der Waals surface area (Å²) in [5.41, 5.74) is 3.38. The van der Waals surface area contributed by atoms with E-state index >= 15 is 0 Å². The molecule has 1 aliphatic heterocycles. The molecule has 1 atom stereocenters. The van der Waals surface area contributed by atoms with Crippen molar-refractivity contribution in [1.29, 1.82) is 0 Å². The molecule has 2 heterocycles. The van der Waals surface area contributed by atoms with Gasteiger partial charge in [0.15, 0.2) is 0 Å². The zero-order valence-corrected chi connectivity index (χ0v) is 14.7. The minimum Gasteiger partial charge on any atom is -0.380 e. The lowest BCUT2D eigenvalue weighted by atomic mass is 9.95. The van der Waals surface area contributed by atoms with Crippen LogP contribution in [0.2, 0.25) is 0 Å². The Bertz CT molecular complexity index is 672. The number of nitrogens with zero attached hydrogens (tertiary/aromatic N) is 2. The molecule has 1 aromatic heterocycles. The predicted octanol–water partition coefficient (Wildman–Crippen LogP) is 2.05. The van der Waals surface area contributed by atoms with Crippen molar-refractivity contribution in [2.45, 2.75) is 31.9 Å². The number of ether oxygens (including phenoxy) is 1. The number of methoxy groups -OCH3 is 1. The van der Waals surface area contributed by atoms with Gasteiger partial charge in [-0.05, 0) is 36.6 Å². The highest BCUT2D eigenvalue weighted by Gasteiger charge is 2.23. The second-order valence-corrected chi connectivity index (χ2v) is 6.56. The fourth-order valence-electron chi connectivity index (χ4n) is 3.43. The number of hydrogen-bond donors (Lipinski definition) is 2. The van der Waals surface area contributed by atoms with Gasteiger partial charge in [-0.3, -0.25) is 14.8 Å². The molecule has 2 N–H and O–H groups in total. The van der Waals surface area contributed by atoms with Gasteiger partial charge in [-0.2, -0.15) is 5.10 Å². The molecule has 2 aromatic rings. The molecule has 0 unspecified atom stereocenters. The molecule has 25 heavy (non-hydrogen) atoms. The van der Waals surface area contributed by atoms with Gasteiger partial charge in [-0.15, -0.1) is 0 Å². The van der Waals surface area contributed by atoms with Crippen molar-refractivity contribution < 1.29 is 9.53 Å². The lowest BCUT2D eigenvalue weighted by Crippen LogP contribution is -2.42. The lowest BCUT2D eigenvalue weighted by molar-refractivity contribution is -0.122. The van der Waals surface area contributed by atoms with E-state index in [1.165, 1.54) is 5.69 Å². The number of carbonyl (C=O) groups is 1. The Kier molecular flexibility index (Phi) is 6.19. The Hall–Kier alpha value is -2.18. The lowest BCUT2D eigenvalue weighted by Gasteiger charge is -2.31. The normalized spacial score (nSPS) is 18.2. The first-order valence-corrected chi connectivity index (χ1v) is 8.80. The first-order chi connectivity index (χ1) is 12.3. The van der Waals surface area contributed by atoms with Crippen molar-refractivity contribution in [3.8, 4) is 0 Å². The summed E-state index contributed by atoms with van der Waals surface area (Å²) in [6.07, 6.45) is 4.04. The smallest absolute Gasteiger partial charge is 0.234 e. The number of amides is 1. The monoisotopic (exact) mass is 342 g/mol. The molecular formula is C19H26N4O2. The Morgan fingerprint density at radius 3 is 2.96 bits per heavy atom. The van der Waals surface area contributed by atoms with Crippen LogP contribution in [0.15, 0.2) is 36.5 Å². The van der Waals surface area contributed by atoms with Crippen molar-refractivity contribution in [3.05, 3.63) is 53.3 Å². The number of benzene rings is 1. The topological polar surface area (TPSA) is 70.2 Å². The summed E-state index contributed by atoms with van der Waals surface area (Å²) in [5, 5.41) is 10.1. The SMILES string of the molecule is COCc1ccccc1CNC(=O)CN1CCC[C@H](c2ccn[nH]2)C1. The quantitative estimate of drug-likeness (QED) is 0.808. The summed E-state index contributed by atoms with van der Waals surface area (Å²) in [6.45, 7) is 3.41. The summed E-state index contributed by atoms with van der Waals surface area (Å²) in [7, 11) is 1.68. The van der Waals surface area contributed by atoms with Gasteiger partial charge in [0.2, 0.25) is 5.91 Å². The number of aromatic nitrogens is 2. The molecule has 1 fully saturated rings. The van der Waals surface area contributed by atoms with E-state index in [4.69, 9.17) is 4.74 Å². The Morgan fingerprint density at radius 1 is 1.36 bits per heavy atom. The van der Waals surface area contributed by atoms with Crippen LogP contribution < -0.4 is 5.32 Å². The molecule has 134 valence electrons. The fraction of sp³-hybridized carbons (Fsp3) is 0.474. The van der Waals surface area contributed by atoms with Gasteiger partial charge in [0.1, 0.15) is 0 Å². The minimum absolute atomic E-state index is 0.0671. The van der Waals surface area contributed by atoms with E-state index in [2.05, 4.69) is 20.4 Å². The van der Waals surface area contributed by atoms with Crippen LogP contribution in [0.25, 0.3) is 0 Å². The fourth-order valence-corrected chi connectivity index (χ4v) is 3.43. The Morgan fingerprint density at radius 2 is 2.20 bits per heavy atom. The van der Waals surface area contributed by atoms with Crippen molar-refractivity contribution in [2.24, 2.45) is 0 Å². The molecular weight excluding hydrogens is 316 g/mol. The van der Waals surface area contributed by atoms with E-state index in [0.717, 1.165) is 37.1 Å². The standard InChI is InChI=1S/C19H26N4O2/c1-25-14-17-6-3-2-5-15(17)11-20-19(24)13-23-10-4-7-16(12-23)18-8-9-21-22-18/h2-3,5-6,8-9,16H,4,7,10-14H2,1H3,(H,20,24)(H,21,22)/t16-/m0/s1. The van der Waals surface area contributed by atoms with Gasteiger partial charge in [0.25, 0.3) is 0 Å². The summed E-state index contributed by atoms with van der Waals surface area (Å²) < 4.78 is 5.22. The summed E-state index contributed by atoms with van der Waals surface area (Å²) in [4.78, 5) is 14.6. The van der Waals surface area contributed by atoms with Gasteiger partial charge in [-0.25, -0.2) is 0 Å². The van der Waals surface area contributed by atoms with Crippen molar-refractivity contribution in [2.75, 3.05) is 26.7 Å². The van der Waals surface area contributed by atoms with Gasteiger partial charge in [0, 0.05) is 38.0 Å². The largest absolute Gasteiger partial charge is 0.380 e. The molecule has 3 rings (SSSR count). The maximum absolute atomic E-state index is 12.3. The van der Waals surface area contributed by atoms with E-state index in [0.29, 0.717) is 25.6 Å². The van der Waals surface area contributed by atoms with Crippen LogP contribution in [0.4, 0.5) is 0 Å². The average molecular weight is 342 g/mol. The predicted molar refractivity (Wildman–Crippen MR) is 96.0 cm³/mol. The zero-order valence-electron chi connectivity index (χ0n) is 14.7. The van der Waals surface area contributed by atoms with Gasteiger partial charge in [-0.1, -0.05) is 24.3 Å². The van der Waals surface area contributed by atoms with Crippen molar-refractivity contribution >= 4 is 5.91 Å². The third-order valence-corrected chi connectivity index (χ3v) is 4.73. The Labute approximate surface area is 148 Å². The second kappa shape index (κ2) is 8.78. The molecule has 0 aliphatic carbocycles. The maximum Gasteiger partial charge on any atom is 0.234 e. The third kappa shape index (κ3) is 4.90. The minimum atomic E-state index is 0.0671. The van der Waals surface area contributed by atoms with E-state index in [-0.39, 0.29) is 5.91 Å². The van der Waals surface area contributed by atoms with Crippen molar-refractivity contribution in [3.63, 3.8) is 0 Å². The van der Waals surface area contributed by atoms with Crippen LogP contribution in [-0.2, 0) is 22.7 Å². The molecule has 0 bridgehead atoms. The molecule has 1 aliphatic rings. The zero-order chi connectivity index (χ0) is 17.5. The number of hydrogen-bond acceptors (Lipinski definition) is 4. The highest BCUT2D eigenvalue weighted by molar-refractivity contribution is 5.78.